The van der Waals surface area contributed by atoms with Crippen LogP contribution in [-0.2, 0) is 0 Å². The number of nitrogens with one attached hydrogen (secondary N) is 2. The van der Waals surface area contributed by atoms with Crippen LogP contribution in [0.2, 0.25) is 0 Å². The van der Waals surface area contributed by atoms with Gasteiger partial charge >= 0.3 is 0 Å². The molecule has 1 aromatic heterocycles. The fraction of sp³-hybridized carbons (Fsp3) is 0.214. The number of hydrogen-bond acceptors (Lipinski definition) is 3. The number of benzene rings is 1. The first kappa shape index (κ1) is 12.9. The summed E-state index contributed by atoms with van der Waals surface area (Å²) in [4.78, 5) is 4.49. The molecule has 0 saturated heterocycles. The van der Waals surface area contributed by atoms with Crippen molar-refractivity contribution in [2.45, 2.75) is 13.8 Å². The number of aromatic nitrogens is 1. The smallest absolute Gasteiger partial charge is 0.132 e. The minimum atomic E-state index is 0.833. The largest absolute Gasteiger partial charge is 0.370 e. The molecule has 0 amide bonds. The molecule has 18 heavy (non-hydrogen) atoms. The monoisotopic (exact) mass is 305 g/mol. The van der Waals surface area contributed by atoms with Crippen LogP contribution in [0.5, 0.6) is 0 Å². The number of anilines is 3. The molecule has 1 heterocycles. The van der Waals surface area contributed by atoms with Gasteiger partial charge in [0.2, 0.25) is 0 Å². The van der Waals surface area contributed by atoms with Gasteiger partial charge in [0, 0.05) is 11.0 Å². The van der Waals surface area contributed by atoms with Gasteiger partial charge in [-0.1, -0.05) is 12.1 Å². The highest BCUT2D eigenvalue weighted by molar-refractivity contribution is 9.10. The first-order valence-corrected chi connectivity index (χ1v) is 6.72. The first-order valence-electron chi connectivity index (χ1n) is 5.93. The number of pyridine rings is 1. The quantitative estimate of drug-likeness (QED) is 0.883. The molecule has 0 aliphatic carbocycles. The third kappa shape index (κ3) is 3.23. The van der Waals surface area contributed by atoms with Crippen molar-refractivity contribution < 1.29 is 0 Å². The lowest BCUT2D eigenvalue weighted by molar-refractivity contribution is 1.16. The molecule has 0 unspecified atom stereocenters. The molecule has 3 nitrogen and oxygen atoms in total. The number of halogens is 1. The van der Waals surface area contributed by atoms with E-state index in [1.54, 1.807) is 0 Å². The molecule has 94 valence electrons. The molecular formula is C14H16BrN3. The molecular weight excluding hydrogens is 290 g/mol. The summed E-state index contributed by atoms with van der Waals surface area (Å²) in [6.07, 6.45) is 0. The fourth-order valence-corrected chi connectivity index (χ4v) is 2.00. The van der Waals surface area contributed by atoms with Gasteiger partial charge in [0.05, 0.1) is 5.69 Å². The number of hydrogen-bond donors (Lipinski definition) is 2. The molecule has 2 aromatic rings. The number of rotatable bonds is 4. The van der Waals surface area contributed by atoms with Crippen molar-refractivity contribution in [1.29, 1.82) is 0 Å². The van der Waals surface area contributed by atoms with Crippen LogP contribution < -0.4 is 10.6 Å². The summed E-state index contributed by atoms with van der Waals surface area (Å²) in [6.45, 7) is 4.99. The average Bonchev–Trinajstić information content (AvgIpc) is 2.35. The topological polar surface area (TPSA) is 37.0 Å². The zero-order chi connectivity index (χ0) is 13.0. The lowest BCUT2D eigenvalue weighted by atomic mass is 10.2. The van der Waals surface area contributed by atoms with Gasteiger partial charge in [-0.3, -0.25) is 0 Å². The highest BCUT2D eigenvalue weighted by Crippen LogP contribution is 2.26. The van der Waals surface area contributed by atoms with E-state index in [2.05, 4.69) is 57.5 Å². The zero-order valence-corrected chi connectivity index (χ0v) is 12.1. The number of nitrogens with zero attached hydrogens (tertiary/aromatic N) is 1. The predicted octanol–water partition coefficient (Wildman–Crippen LogP) is 4.33. The summed E-state index contributed by atoms with van der Waals surface area (Å²) in [5.41, 5.74) is 2.24. The highest BCUT2D eigenvalue weighted by atomic mass is 79.9. The van der Waals surface area contributed by atoms with Crippen LogP contribution in [0.3, 0.4) is 0 Å². The summed E-state index contributed by atoms with van der Waals surface area (Å²) in [7, 11) is 0. The van der Waals surface area contributed by atoms with Crippen molar-refractivity contribution in [3.8, 4) is 0 Å². The Morgan fingerprint density at radius 1 is 1.17 bits per heavy atom. The van der Waals surface area contributed by atoms with Crippen LogP contribution in [0.4, 0.5) is 17.3 Å². The van der Waals surface area contributed by atoms with E-state index in [-0.39, 0.29) is 0 Å². The molecule has 0 saturated carbocycles. The van der Waals surface area contributed by atoms with Gasteiger partial charge in [-0.05, 0) is 59.6 Å². The third-order valence-corrected chi connectivity index (χ3v) is 3.18. The minimum absolute atomic E-state index is 0.833. The summed E-state index contributed by atoms with van der Waals surface area (Å²) in [5, 5.41) is 6.51. The molecule has 0 atom stereocenters. The second-order valence-electron chi connectivity index (χ2n) is 4.05. The van der Waals surface area contributed by atoms with Crippen LogP contribution >= 0.6 is 15.9 Å². The Kier molecular flexibility index (Phi) is 4.20. The number of aryl methyl sites for hydroxylation is 1. The van der Waals surface area contributed by atoms with Crippen LogP contribution in [0, 0.1) is 6.92 Å². The Bertz CT molecular complexity index is 540. The van der Waals surface area contributed by atoms with Gasteiger partial charge in [-0.25, -0.2) is 4.98 Å². The SMILES string of the molecule is CCNc1cccc(Nc2cc(C)ccc2Br)n1. The van der Waals surface area contributed by atoms with E-state index in [1.165, 1.54) is 5.56 Å². The molecule has 0 radical (unpaired) electrons. The molecule has 0 aliphatic rings. The Morgan fingerprint density at radius 3 is 2.72 bits per heavy atom. The maximum absolute atomic E-state index is 4.49. The van der Waals surface area contributed by atoms with Crippen molar-refractivity contribution in [2.75, 3.05) is 17.2 Å². The normalized spacial score (nSPS) is 10.2. The molecule has 2 N–H and O–H groups in total. The average molecular weight is 306 g/mol. The van der Waals surface area contributed by atoms with Crippen molar-refractivity contribution in [1.82, 2.24) is 4.98 Å². The Balaban J connectivity index is 2.22. The second kappa shape index (κ2) is 5.87. The maximum Gasteiger partial charge on any atom is 0.132 e. The van der Waals surface area contributed by atoms with E-state index in [0.717, 1.165) is 28.3 Å². The molecule has 0 fully saturated rings. The van der Waals surface area contributed by atoms with Gasteiger partial charge in [-0.2, -0.15) is 0 Å². The van der Waals surface area contributed by atoms with Crippen LogP contribution in [0.25, 0.3) is 0 Å². The van der Waals surface area contributed by atoms with E-state index < -0.39 is 0 Å². The van der Waals surface area contributed by atoms with E-state index >= 15 is 0 Å². The second-order valence-corrected chi connectivity index (χ2v) is 4.90. The van der Waals surface area contributed by atoms with Crippen molar-refractivity contribution in [3.05, 3.63) is 46.4 Å². The standard InChI is InChI=1S/C14H16BrN3/c1-3-16-13-5-4-6-14(18-13)17-12-9-10(2)7-8-11(12)15/h4-9H,3H2,1-2H3,(H2,16,17,18). The summed E-state index contributed by atoms with van der Waals surface area (Å²) >= 11 is 3.53. The molecule has 0 spiro atoms. The van der Waals surface area contributed by atoms with E-state index in [4.69, 9.17) is 0 Å². The third-order valence-electron chi connectivity index (χ3n) is 2.49. The van der Waals surface area contributed by atoms with Crippen molar-refractivity contribution >= 4 is 33.3 Å². The van der Waals surface area contributed by atoms with E-state index in [0.29, 0.717) is 0 Å². The molecule has 1 aromatic carbocycles. The highest BCUT2D eigenvalue weighted by Gasteiger charge is 2.02. The van der Waals surface area contributed by atoms with Crippen LogP contribution in [-0.4, -0.2) is 11.5 Å². The van der Waals surface area contributed by atoms with E-state index in [9.17, 15) is 0 Å². The van der Waals surface area contributed by atoms with Crippen LogP contribution in [0.15, 0.2) is 40.9 Å². The summed E-state index contributed by atoms with van der Waals surface area (Å²) in [6, 6.07) is 12.1. The van der Waals surface area contributed by atoms with Gasteiger partial charge in [0.1, 0.15) is 11.6 Å². The molecule has 0 aliphatic heterocycles. The zero-order valence-electron chi connectivity index (χ0n) is 10.5. The molecule has 0 bridgehead atoms. The predicted molar refractivity (Wildman–Crippen MR) is 80.6 cm³/mol. The fourth-order valence-electron chi connectivity index (χ4n) is 1.66. The molecule has 4 heteroatoms. The summed E-state index contributed by atoms with van der Waals surface area (Å²) < 4.78 is 1.03. The van der Waals surface area contributed by atoms with Crippen LogP contribution in [0.1, 0.15) is 12.5 Å². The van der Waals surface area contributed by atoms with E-state index in [1.807, 2.05) is 24.3 Å². The molecule has 2 rings (SSSR count). The van der Waals surface area contributed by atoms with Gasteiger partial charge in [0.25, 0.3) is 0 Å². The lowest BCUT2D eigenvalue weighted by Gasteiger charge is -2.10. The van der Waals surface area contributed by atoms with Gasteiger partial charge in [-0.15, -0.1) is 0 Å². The minimum Gasteiger partial charge on any atom is -0.370 e. The van der Waals surface area contributed by atoms with Gasteiger partial charge < -0.3 is 10.6 Å². The Morgan fingerprint density at radius 2 is 1.94 bits per heavy atom. The lowest BCUT2D eigenvalue weighted by Crippen LogP contribution is -2.01. The van der Waals surface area contributed by atoms with Gasteiger partial charge in [0.15, 0.2) is 0 Å². The summed E-state index contributed by atoms with van der Waals surface area (Å²) in [5.74, 6) is 1.71. The Hall–Kier alpha value is -1.55. The first-order chi connectivity index (χ1) is 8.69. The van der Waals surface area contributed by atoms with Crippen molar-refractivity contribution in [2.24, 2.45) is 0 Å². The maximum atomic E-state index is 4.49. The van der Waals surface area contributed by atoms with Crippen molar-refractivity contribution in [3.63, 3.8) is 0 Å². The Labute approximate surface area is 116 Å².